The Balaban J connectivity index is 1.70. The van der Waals surface area contributed by atoms with Gasteiger partial charge in [0.05, 0.1) is 11.4 Å². The molecule has 4 aromatic carbocycles. The van der Waals surface area contributed by atoms with Crippen LogP contribution >= 0.6 is 0 Å². The fraction of sp³-hybridized carbons (Fsp3) is 0.435. The van der Waals surface area contributed by atoms with Gasteiger partial charge in [0.15, 0.2) is 0 Å². The molecule has 2 heteroatoms. The number of rotatable bonds is 15. The molecule has 4 aromatic rings. The van der Waals surface area contributed by atoms with Crippen molar-refractivity contribution in [1.29, 1.82) is 0 Å². The summed E-state index contributed by atoms with van der Waals surface area (Å²) in [5.41, 5.74) is 15.9. The van der Waals surface area contributed by atoms with Gasteiger partial charge in [-0.15, -0.1) is 0 Å². The minimum absolute atomic E-state index is 0.400. The van der Waals surface area contributed by atoms with E-state index in [9.17, 15) is 0 Å². The fourth-order valence-electron chi connectivity index (χ4n) is 6.55. The summed E-state index contributed by atoms with van der Waals surface area (Å²) in [4.78, 5) is 10.8. The first-order valence-corrected chi connectivity index (χ1v) is 18.5. The van der Waals surface area contributed by atoms with Crippen LogP contribution in [0, 0.1) is 0 Å². The van der Waals surface area contributed by atoms with Crippen LogP contribution < -0.4 is 0 Å². The molecule has 0 saturated heterocycles. The molecule has 254 valence electrons. The summed E-state index contributed by atoms with van der Waals surface area (Å²) in [7, 11) is 0. The zero-order chi connectivity index (χ0) is 34.8. The topological polar surface area (TPSA) is 24.7 Å². The molecule has 0 radical (unpaired) electrons. The molecule has 0 unspecified atom stereocenters. The second-order valence-electron chi connectivity index (χ2n) is 14.8. The van der Waals surface area contributed by atoms with Crippen molar-refractivity contribution in [2.75, 3.05) is 0 Å². The molecule has 2 nitrogen and oxygen atoms in total. The summed E-state index contributed by atoms with van der Waals surface area (Å²) in [5, 5.41) is 0. The number of hydrogen-bond acceptors (Lipinski definition) is 2. The first-order valence-electron chi connectivity index (χ1n) is 18.5. The van der Waals surface area contributed by atoms with Gasteiger partial charge in [0.2, 0.25) is 0 Å². The third-order valence-electron chi connectivity index (χ3n) is 9.51. The maximum absolute atomic E-state index is 5.41. The van der Waals surface area contributed by atoms with E-state index in [4.69, 9.17) is 9.98 Å². The van der Waals surface area contributed by atoms with Crippen molar-refractivity contribution in [3.63, 3.8) is 0 Å². The lowest BCUT2D eigenvalue weighted by Crippen LogP contribution is -2.06. The quantitative estimate of drug-likeness (QED) is 0.116. The van der Waals surface area contributed by atoms with Crippen molar-refractivity contribution in [3.05, 3.63) is 129 Å². The van der Waals surface area contributed by atoms with E-state index in [1.54, 1.807) is 0 Å². The number of nitrogens with zero attached hydrogens (tertiary/aromatic N) is 2. The highest BCUT2D eigenvalue weighted by Crippen LogP contribution is 2.39. The van der Waals surface area contributed by atoms with Gasteiger partial charge in [-0.25, -0.2) is 0 Å². The average Bonchev–Trinajstić information content (AvgIpc) is 3.07. The van der Waals surface area contributed by atoms with E-state index in [1.165, 1.54) is 67.3 Å². The van der Waals surface area contributed by atoms with Crippen LogP contribution in [0.15, 0.2) is 94.9 Å². The molecule has 0 atom stereocenters. The van der Waals surface area contributed by atoms with Crippen molar-refractivity contribution in [3.8, 4) is 0 Å². The number of aryl methyl sites for hydroxylation is 2. The van der Waals surface area contributed by atoms with Gasteiger partial charge >= 0.3 is 0 Å². The number of aliphatic imine (C=N–C) groups is 2. The second kappa shape index (κ2) is 17.6. The third-order valence-corrected chi connectivity index (χ3v) is 9.51. The van der Waals surface area contributed by atoms with Gasteiger partial charge in [-0.2, -0.15) is 0 Å². The summed E-state index contributed by atoms with van der Waals surface area (Å²) in [6, 6.07) is 31.3. The van der Waals surface area contributed by atoms with E-state index < -0.39 is 0 Å². The standard InChI is InChI=1S/C46H60N2/c1-11-39(25-35-19-15-13-16-20-35)47-45-41(31(3)4)27-37(28-42(45)32(5)6)23-24-38-29-43(33(7)8)46(44(30-38)34(9)10)48-40(12-2)26-36-21-17-14-18-22-36/h13-22,27-34H,11-12,23-26H2,1-10H3. The van der Waals surface area contributed by atoms with Crippen molar-refractivity contribution in [2.45, 2.75) is 131 Å². The Kier molecular flexibility index (Phi) is 13.6. The van der Waals surface area contributed by atoms with E-state index in [-0.39, 0.29) is 0 Å². The maximum Gasteiger partial charge on any atom is 0.0698 e. The van der Waals surface area contributed by atoms with Crippen LogP contribution in [0.2, 0.25) is 0 Å². The third kappa shape index (κ3) is 9.88. The molecule has 4 rings (SSSR count). The van der Waals surface area contributed by atoms with E-state index in [0.29, 0.717) is 23.7 Å². The van der Waals surface area contributed by atoms with E-state index in [2.05, 4.69) is 154 Å². The van der Waals surface area contributed by atoms with Crippen molar-refractivity contribution < 1.29 is 0 Å². The lowest BCUT2D eigenvalue weighted by Gasteiger charge is -2.21. The molecule has 0 aliphatic rings. The molecule has 0 aliphatic carbocycles. The van der Waals surface area contributed by atoms with Crippen LogP contribution in [0.3, 0.4) is 0 Å². The van der Waals surface area contributed by atoms with Crippen molar-refractivity contribution in [1.82, 2.24) is 0 Å². The molecule has 0 fully saturated rings. The van der Waals surface area contributed by atoms with E-state index in [0.717, 1.165) is 38.5 Å². The van der Waals surface area contributed by atoms with Gasteiger partial charge in [0.1, 0.15) is 0 Å². The van der Waals surface area contributed by atoms with Gasteiger partial charge in [-0.1, -0.05) is 154 Å². The monoisotopic (exact) mass is 640 g/mol. The Hall–Kier alpha value is -3.78. The minimum Gasteiger partial charge on any atom is -0.257 e. The van der Waals surface area contributed by atoms with Gasteiger partial charge in [0, 0.05) is 24.3 Å². The van der Waals surface area contributed by atoms with Gasteiger partial charge in [-0.3, -0.25) is 9.98 Å². The molecular weight excluding hydrogens is 581 g/mol. The normalized spacial score (nSPS) is 12.6. The predicted molar refractivity (Wildman–Crippen MR) is 212 cm³/mol. The summed E-state index contributed by atoms with van der Waals surface area (Å²) < 4.78 is 0. The maximum atomic E-state index is 5.41. The summed E-state index contributed by atoms with van der Waals surface area (Å²) in [6.45, 7) is 23.0. The van der Waals surface area contributed by atoms with Gasteiger partial charge in [-0.05, 0) is 93.9 Å². The first kappa shape index (κ1) is 37.0. The highest BCUT2D eigenvalue weighted by atomic mass is 14.8. The fourth-order valence-corrected chi connectivity index (χ4v) is 6.55. The van der Waals surface area contributed by atoms with Crippen LogP contribution in [0.25, 0.3) is 0 Å². The van der Waals surface area contributed by atoms with Gasteiger partial charge < -0.3 is 0 Å². The van der Waals surface area contributed by atoms with Crippen LogP contribution in [-0.4, -0.2) is 11.4 Å². The highest BCUT2D eigenvalue weighted by Gasteiger charge is 2.19. The minimum atomic E-state index is 0.400. The number of benzene rings is 4. The molecule has 0 spiro atoms. The molecule has 0 bridgehead atoms. The second-order valence-corrected chi connectivity index (χ2v) is 14.8. The van der Waals surface area contributed by atoms with Crippen molar-refractivity contribution >= 4 is 22.8 Å². The summed E-state index contributed by atoms with van der Waals surface area (Å²) in [6.07, 6.45) is 5.73. The molecule has 48 heavy (non-hydrogen) atoms. The van der Waals surface area contributed by atoms with Crippen LogP contribution in [-0.2, 0) is 25.7 Å². The Morgan fingerprint density at radius 1 is 0.438 bits per heavy atom. The summed E-state index contributed by atoms with van der Waals surface area (Å²) >= 11 is 0. The average molecular weight is 641 g/mol. The van der Waals surface area contributed by atoms with Crippen LogP contribution in [0.4, 0.5) is 11.4 Å². The molecule has 0 aliphatic heterocycles. The largest absolute Gasteiger partial charge is 0.257 e. The van der Waals surface area contributed by atoms with E-state index >= 15 is 0 Å². The van der Waals surface area contributed by atoms with Gasteiger partial charge in [0.25, 0.3) is 0 Å². The SMILES string of the molecule is CCC(Cc1ccccc1)=Nc1c(C(C)C)cc(CCc2cc(C(C)C)c(N=C(CC)Cc3ccccc3)c(C(C)C)c2)cc1C(C)C. The lowest BCUT2D eigenvalue weighted by molar-refractivity contribution is 0.814. The smallest absolute Gasteiger partial charge is 0.0698 e. The Bertz CT molecular complexity index is 1490. The zero-order valence-corrected chi connectivity index (χ0v) is 31.5. The van der Waals surface area contributed by atoms with Crippen LogP contribution in [0.5, 0.6) is 0 Å². The van der Waals surface area contributed by atoms with Crippen molar-refractivity contribution in [2.24, 2.45) is 9.98 Å². The highest BCUT2D eigenvalue weighted by molar-refractivity contribution is 5.90. The van der Waals surface area contributed by atoms with E-state index in [1.807, 2.05) is 0 Å². The Labute approximate surface area is 292 Å². The molecule has 0 aromatic heterocycles. The zero-order valence-electron chi connectivity index (χ0n) is 31.5. The predicted octanol–water partition coefficient (Wildman–Crippen LogP) is 13.4. The first-order chi connectivity index (χ1) is 23.0. The Morgan fingerprint density at radius 2 is 0.729 bits per heavy atom. The summed E-state index contributed by atoms with van der Waals surface area (Å²) in [5.74, 6) is 1.60. The Morgan fingerprint density at radius 3 is 0.979 bits per heavy atom. The molecule has 0 N–H and O–H groups in total. The lowest BCUT2D eigenvalue weighted by atomic mass is 9.87. The molecule has 0 amide bonds. The van der Waals surface area contributed by atoms with Crippen LogP contribution in [0.1, 0.15) is 150 Å². The number of hydrogen-bond donors (Lipinski definition) is 0. The molecule has 0 heterocycles. The molecular formula is C46H60N2. The molecule has 0 saturated carbocycles.